The highest BCUT2D eigenvalue weighted by atomic mass is 32.2. The summed E-state index contributed by atoms with van der Waals surface area (Å²) in [5.74, 6) is -0.393. The molecule has 2 heterocycles. The molecule has 16 heavy (non-hydrogen) atoms. The van der Waals surface area contributed by atoms with Crippen LogP contribution in [-0.2, 0) is 10.1 Å². The Kier molecular flexibility index (Phi) is 2.08. The lowest BCUT2D eigenvalue weighted by atomic mass is 10.5. The van der Waals surface area contributed by atoms with Gasteiger partial charge in [0.25, 0.3) is 0 Å². The first-order valence-corrected chi connectivity index (χ1v) is 5.82. The van der Waals surface area contributed by atoms with Gasteiger partial charge in [-0.2, -0.15) is 13.4 Å². The molecule has 0 atom stereocenters. The molecule has 2 aromatic rings. The Morgan fingerprint density at radius 3 is 2.88 bits per heavy atom. The minimum atomic E-state index is -3.79. The van der Waals surface area contributed by atoms with E-state index >= 15 is 0 Å². The van der Waals surface area contributed by atoms with Crippen LogP contribution in [0.1, 0.15) is 0 Å². The van der Waals surface area contributed by atoms with Crippen LogP contribution in [0.2, 0.25) is 0 Å². The van der Waals surface area contributed by atoms with Gasteiger partial charge in [-0.1, -0.05) is 0 Å². The maximum absolute atomic E-state index is 11.3. The Labute approximate surface area is 89.0 Å². The number of aromatic amines is 1. The first-order chi connectivity index (χ1) is 7.38. The van der Waals surface area contributed by atoms with E-state index in [1.54, 1.807) is 0 Å². The van der Waals surface area contributed by atoms with Gasteiger partial charge < -0.3 is 10.7 Å². The van der Waals surface area contributed by atoms with Crippen molar-refractivity contribution in [3.05, 3.63) is 16.7 Å². The maximum Gasteiger partial charge on any atom is 0.324 e. The van der Waals surface area contributed by atoms with E-state index in [-0.39, 0.29) is 11.2 Å². The smallest absolute Gasteiger partial charge is 0.324 e. The number of fused-ring (bicyclic) bond motifs is 1. The second-order valence-electron chi connectivity index (χ2n) is 2.95. The van der Waals surface area contributed by atoms with Crippen molar-refractivity contribution in [3.63, 3.8) is 0 Å². The number of hydrogen-bond donors (Lipinski definition) is 2. The summed E-state index contributed by atoms with van der Waals surface area (Å²) in [5, 5.41) is 0. The van der Waals surface area contributed by atoms with Crippen molar-refractivity contribution < 1.29 is 12.7 Å². The summed E-state index contributed by atoms with van der Waals surface area (Å²) >= 11 is 0. The first kappa shape index (κ1) is 10.4. The van der Waals surface area contributed by atoms with E-state index in [4.69, 9.17) is 5.73 Å². The van der Waals surface area contributed by atoms with Gasteiger partial charge in [-0.25, -0.2) is 4.98 Å². The topological polar surface area (TPSA) is 133 Å². The van der Waals surface area contributed by atoms with E-state index in [1.165, 1.54) is 6.33 Å². The molecule has 0 unspecified atom stereocenters. The number of nitrogens with zero attached hydrogens (tertiary/aromatic N) is 3. The highest BCUT2D eigenvalue weighted by Gasteiger charge is 2.15. The third-order valence-corrected chi connectivity index (χ3v) is 2.08. The zero-order valence-corrected chi connectivity index (χ0v) is 8.85. The number of H-pyrrole nitrogens is 1. The van der Waals surface area contributed by atoms with Gasteiger partial charge in [-0.3, -0.25) is 9.08 Å². The van der Waals surface area contributed by atoms with Gasteiger partial charge in [-0.15, -0.1) is 4.73 Å². The Hall–Kier alpha value is -2.10. The molecule has 2 aromatic heterocycles. The quantitative estimate of drug-likeness (QED) is 0.630. The lowest BCUT2D eigenvalue weighted by Gasteiger charge is -2.07. The molecule has 0 radical (unpaired) electrons. The van der Waals surface area contributed by atoms with Crippen LogP contribution in [0.4, 0.5) is 5.95 Å². The number of hydrogen-bond acceptors (Lipinski definition) is 7. The average Bonchev–Trinajstić information content (AvgIpc) is 2.59. The Bertz CT molecular complexity index is 699. The standard InChI is InChI=1S/C6H7N5O4S/c1-16(13,14)15-11-4-3(8-2-9-4)5(12)10-6(11)7/h2H,1H3,(H,8,9)(H2,7,10,12). The molecule has 3 N–H and O–H groups in total. The molecule has 0 aromatic carbocycles. The third kappa shape index (κ3) is 1.69. The van der Waals surface area contributed by atoms with Crippen LogP contribution in [-0.4, -0.2) is 34.4 Å². The molecule has 0 bridgehead atoms. The minimum Gasteiger partial charge on any atom is -0.367 e. The molecule has 0 aliphatic rings. The molecule has 0 aliphatic heterocycles. The largest absolute Gasteiger partial charge is 0.367 e. The Morgan fingerprint density at radius 2 is 2.25 bits per heavy atom. The van der Waals surface area contributed by atoms with Crippen molar-refractivity contribution >= 4 is 27.2 Å². The van der Waals surface area contributed by atoms with E-state index in [0.29, 0.717) is 4.73 Å². The van der Waals surface area contributed by atoms with Gasteiger partial charge in [0, 0.05) is 0 Å². The molecule has 86 valence electrons. The predicted octanol–water partition coefficient (Wildman–Crippen LogP) is -1.91. The number of nitrogen functional groups attached to an aromatic ring is 1. The van der Waals surface area contributed by atoms with E-state index in [1.807, 2.05) is 0 Å². The molecule has 0 amide bonds. The van der Waals surface area contributed by atoms with Crippen LogP contribution in [0, 0.1) is 0 Å². The van der Waals surface area contributed by atoms with Crippen LogP contribution in [0.3, 0.4) is 0 Å². The van der Waals surface area contributed by atoms with Crippen molar-refractivity contribution in [2.75, 3.05) is 12.0 Å². The predicted molar refractivity (Wildman–Crippen MR) is 54.0 cm³/mol. The summed E-state index contributed by atoms with van der Waals surface area (Å²) < 4.78 is 27.1. The minimum absolute atomic E-state index is 0.0119. The summed E-state index contributed by atoms with van der Waals surface area (Å²) in [6.07, 6.45) is 2.04. The molecular weight excluding hydrogens is 238 g/mol. The zero-order valence-electron chi connectivity index (χ0n) is 8.04. The summed E-state index contributed by atoms with van der Waals surface area (Å²) in [7, 11) is -3.79. The summed E-state index contributed by atoms with van der Waals surface area (Å²) in [6.45, 7) is 0. The summed E-state index contributed by atoms with van der Waals surface area (Å²) in [4.78, 5) is 20.9. The summed E-state index contributed by atoms with van der Waals surface area (Å²) in [6, 6.07) is 0. The Balaban J connectivity index is 2.78. The van der Waals surface area contributed by atoms with Crippen molar-refractivity contribution in [3.8, 4) is 0 Å². The van der Waals surface area contributed by atoms with Gasteiger partial charge in [-0.05, 0) is 0 Å². The average molecular weight is 245 g/mol. The fraction of sp³-hybridized carbons (Fsp3) is 0.167. The van der Waals surface area contributed by atoms with E-state index in [2.05, 4.69) is 19.2 Å². The SMILES string of the molecule is CS(=O)(=O)On1c(N)nc(=O)c2[nH]cnc21. The molecule has 2 rings (SSSR count). The highest BCUT2D eigenvalue weighted by molar-refractivity contribution is 7.86. The molecular formula is C6H7N5O4S. The summed E-state index contributed by atoms with van der Waals surface area (Å²) in [5.41, 5.74) is 4.69. The number of imidazole rings is 1. The molecule has 0 saturated heterocycles. The molecule has 0 fully saturated rings. The van der Waals surface area contributed by atoms with E-state index in [0.717, 1.165) is 6.26 Å². The molecule has 10 heteroatoms. The van der Waals surface area contributed by atoms with Crippen LogP contribution in [0.25, 0.3) is 11.2 Å². The normalized spacial score (nSPS) is 11.8. The second kappa shape index (κ2) is 3.20. The first-order valence-electron chi connectivity index (χ1n) is 4.00. The monoisotopic (exact) mass is 245 g/mol. The van der Waals surface area contributed by atoms with E-state index in [9.17, 15) is 13.2 Å². The fourth-order valence-corrected chi connectivity index (χ4v) is 1.54. The highest BCUT2D eigenvalue weighted by Crippen LogP contribution is 2.06. The molecule has 0 saturated carbocycles. The molecule has 0 aliphatic carbocycles. The van der Waals surface area contributed by atoms with Gasteiger partial charge in [0.05, 0.1) is 12.6 Å². The number of anilines is 1. The maximum atomic E-state index is 11.3. The number of nitrogens with two attached hydrogens (primary N) is 1. The molecule has 9 nitrogen and oxygen atoms in total. The van der Waals surface area contributed by atoms with Gasteiger partial charge >= 0.3 is 15.7 Å². The van der Waals surface area contributed by atoms with Gasteiger partial charge in [0.2, 0.25) is 11.6 Å². The zero-order chi connectivity index (χ0) is 11.9. The lowest BCUT2D eigenvalue weighted by Crippen LogP contribution is -2.26. The van der Waals surface area contributed by atoms with Crippen LogP contribution >= 0.6 is 0 Å². The number of rotatable bonds is 2. The van der Waals surface area contributed by atoms with Gasteiger partial charge in [0.1, 0.15) is 0 Å². The second-order valence-corrected chi connectivity index (χ2v) is 4.51. The van der Waals surface area contributed by atoms with Crippen molar-refractivity contribution in [2.45, 2.75) is 0 Å². The van der Waals surface area contributed by atoms with Crippen molar-refractivity contribution in [1.29, 1.82) is 0 Å². The van der Waals surface area contributed by atoms with Crippen molar-refractivity contribution in [1.82, 2.24) is 19.7 Å². The number of aromatic nitrogens is 4. The fourth-order valence-electron chi connectivity index (χ4n) is 1.12. The van der Waals surface area contributed by atoms with E-state index < -0.39 is 21.6 Å². The van der Waals surface area contributed by atoms with Crippen LogP contribution in [0.15, 0.2) is 11.1 Å². The number of nitrogens with one attached hydrogen (secondary N) is 1. The molecule has 0 spiro atoms. The van der Waals surface area contributed by atoms with Crippen molar-refractivity contribution in [2.24, 2.45) is 0 Å². The third-order valence-electron chi connectivity index (χ3n) is 1.66. The van der Waals surface area contributed by atoms with Gasteiger partial charge in [0.15, 0.2) is 5.52 Å². The lowest BCUT2D eigenvalue weighted by molar-refractivity contribution is 0.294. The Morgan fingerprint density at radius 1 is 1.56 bits per heavy atom. The van der Waals surface area contributed by atoms with Crippen LogP contribution < -0.4 is 15.6 Å². The van der Waals surface area contributed by atoms with Crippen LogP contribution in [0.5, 0.6) is 0 Å².